The Morgan fingerprint density at radius 2 is 2.00 bits per heavy atom. The fraction of sp³-hybridized carbons (Fsp3) is 0.353. The average Bonchev–Trinajstić information content (AvgIpc) is 2.94. The third-order valence-electron chi connectivity index (χ3n) is 3.48. The minimum Gasteiger partial charge on any atom is -0.452 e. The molecule has 0 aliphatic rings. The summed E-state index contributed by atoms with van der Waals surface area (Å²) in [5.41, 5.74) is 1.82. The van der Waals surface area contributed by atoms with E-state index in [0.29, 0.717) is 23.4 Å². The molecule has 0 aliphatic heterocycles. The molecule has 0 radical (unpaired) electrons. The number of hydrogen-bond donors (Lipinski definition) is 1. The number of ether oxygens (including phenoxy) is 1. The number of aromatic nitrogens is 1. The number of carbonyl (C=O) groups excluding carboxylic acids is 2. The van der Waals surface area contributed by atoms with Crippen molar-refractivity contribution in [1.82, 2.24) is 10.5 Å². The average molecular weight is 316 g/mol. The second-order valence-electron chi connectivity index (χ2n) is 5.19. The van der Waals surface area contributed by atoms with Gasteiger partial charge in [-0.3, -0.25) is 4.79 Å². The lowest BCUT2D eigenvalue weighted by atomic mass is 10.1. The number of hydrogen-bond acceptors (Lipinski definition) is 5. The Hall–Kier alpha value is -2.63. The maximum absolute atomic E-state index is 12.1. The Kier molecular flexibility index (Phi) is 5.51. The summed E-state index contributed by atoms with van der Waals surface area (Å²) in [6.07, 6.45) is 0.555. The smallest absolute Gasteiger partial charge is 0.344 e. The number of amides is 1. The summed E-state index contributed by atoms with van der Waals surface area (Å²) in [5.74, 6) is -0.560. The van der Waals surface area contributed by atoms with Gasteiger partial charge >= 0.3 is 5.97 Å². The van der Waals surface area contributed by atoms with Crippen LogP contribution in [0.1, 0.15) is 47.3 Å². The first-order valence-electron chi connectivity index (χ1n) is 7.49. The molecular formula is C17H20N2O4. The zero-order valence-electron chi connectivity index (χ0n) is 13.5. The van der Waals surface area contributed by atoms with Crippen molar-refractivity contribution >= 4 is 11.9 Å². The van der Waals surface area contributed by atoms with Crippen molar-refractivity contribution < 1.29 is 18.8 Å². The first kappa shape index (κ1) is 16.7. The van der Waals surface area contributed by atoms with Gasteiger partial charge in [-0.05, 0) is 25.8 Å². The number of esters is 1. The van der Waals surface area contributed by atoms with Crippen LogP contribution >= 0.6 is 0 Å². The van der Waals surface area contributed by atoms with Crippen LogP contribution in [0.4, 0.5) is 0 Å². The van der Waals surface area contributed by atoms with Crippen LogP contribution in [0, 0.1) is 6.92 Å². The van der Waals surface area contributed by atoms with Gasteiger partial charge in [0.15, 0.2) is 6.61 Å². The fourth-order valence-corrected chi connectivity index (χ4v) is 2.23. The van der Waals surface area contributed by atoms with Crippen LogP contribution in [0.15, 0.2) is 34.9 Å². The molecule has 0 saturated heterocycles. The minimum absolute atomic E-state index is 0.161. The van der Waals surface area contributed by atoms with Crippen molar-refractivity contribution in [2.24, 2.45) is 0 Å². The van der Waals surface area contributed by atoms with Crippen LogP contribution < -0.4 is 5.32 Å². The molecule has 0 saturated carbocycles. The predicted molar refractivity (Wildman–Crippen MR) is 83.9 cm³/mol. The molecule has 23 heavy (non-hydrogen) atoms. The number of carbonyl (C=O) groups is 2. The number of nitrogens with zero attached hydrogens (tertiary/aromatic N) is 1. The van der Waals surface area contributed by atoms with Crippen LogP contribution in [0.25, 0.3) is 0 Å². The molecular weight excluding hydrogens is 296 g/mol. The summed E-state index contributed by atoms with van der Waals surface area (Å²) in [6.45, 7) is 5.03. The van der Waals surface area contributed by atoms with E-state index < -0.39 is 5.97 Å². The third-order valence-corrected chi connectivity index (χ3v) is 3.48. The lowest BCUT2D eigenvalue weighted by Crippen LogP contribution is -2.31. The molecule has 1 heterocycles. The topological polar surface area (TPSA) is 81.4 Å². The predicted octanol–water partition coefficient (Wildman–Crippen LogP) is 2.58. The van der Waals surface area contributed by atoms with Gasteiger partial charge < -0.3 is 14.6 Å². The molecule has 1 atom stereocenters. The highest BCUT2D eigenvalue weighted by Crippen LogP contribution is 2.15. The highest BCUT2D eigenvalue weighted by atomic mass is 16.5. The van der Waals surface area contributed by atoms with E-state index in [9.17, 15) is 9.59 Å². The number of nitrogens with one attached hydrogen (secondary N) is 1. The summed E-state index contributed by atoms with van der Waals surface area (Å²) in [7, 11) is 0. The van der Waals surface area contributed by atoms with E-state index in [1.54, 1.807) is 6.92 Å². The van der Waals surface area contributed by atoms with Gasteiger partial charge in [0.05, 0.1) is 11.7 Å². The van der Waals surface area contributed by atoms with E-state index in [2.05, 4.69) is 10.5 Å². The standard InChI is InChI=1S/C17H20N2O4/c1-4-14-16(12(3)23-19-14)17(21)22-10-15(20)18-11(2)13-8-6-5-7-9-13/h5-9,11H,4,10H2,1-3H3,(H,18,20)/t11-/m1/s1. The van der Waals surface area contributed by atoms with E-state index in [1.165, 1.54) is 0 Å². The van der Waals surface area contributed by atoms with Crippen LogP contribution in [0.5, 0.6) is 0 Å². The molecule has 1 aromatic carbocycles. The van der Waals surface area contributed by atoms with E-state index in [4.69, 9.17) is 9.26 Å². The molecule has 2 aromatic rings. The summed E-state index contributed by atoms with van der Waals surface area (Å²) in [6, 6.07) is 9.39. The maximum Gasteiger partial charge on any atom is 0.344 e. The van der Waals surface area contributed by atoms with Crippen molar-refractivity contribution in [1.29, 1.82) is 0 Å². The lowest BCUT2D eigenvalue weighted by molar-refractivity contribution is -0.124. The van der Waals surface area contributed by atoms with Gasteiger partial charge in [-0.2, -0.15) is 0 Å². The molecule has 0 bridgehead atoms. The van der Waals surface area contributed by atoms with E-state index in [1.807, 2.05) is 44.2 Å². The van der Waals surface area contributed by atoms with Gasteiger partial charge in [-0.15, -0.1) is 0 Å². The minimum atomic E-state index is -0.594. The summed E-state index contributed by atoms with van der Waals surface area (Å²) in [5, 5.41) is 6.58. The summed E-state index contributed by atoms with van der Waals surface area (Å²) >= 11 is 0. The summed E-state index contributed by atoms with van der Waals surface area (Å²) < 4.78 is 10.0. The maximum atomic E-state index is 12.1. The van der Waals surface area contributed by atoms with Crippen LogP contribution in [0.2, 0.25) is 0 Å². The molecule has 6 nitrogen and oxygen atoms in total. The van der Waals surface area contributed by atoms with Crippen LogP contribution in [-0.2, 0) is 16.0 Å². The monoisotopic (exact) mass is 316 g/mol. The molecule has 2 rings (SSSR count). The van der Waals surface area contributed by atoms with E-state index in [0.717, 1.165) is 5.56 Å². The normalized spacial score (nSPS) is 11.8. The van der Waals surface area contributed by atoms with Gasteiger partial charge in [-0.1, -0.05) is 42.4 Å². The number of benzene rings is 1. The lowest BCUT2D eigenvalue weighted by Gasteiger charge is -2.14. The first-order chi connectivity index (χ1) is 11.0. The van der Waals surface area contributed by atoms with Gasteiger partial charge in [-0.25, -0.2) is 4.79 Å². The number of aryl methyl sites for hydroxylation is 2. The van der Waals surface area contributed by atoms with Crippen LogP contribution in [-0.4, -0.2) is 23.6 Å². The molecule has 0 aliphatic carbocycles. The Balaban J connectivity index is 1.89. The molecule has 1 aromatic heterocycles. The van der Waals surface area contributed by atoms with Crippen LogP contribution in [0.3, 0.4) is 0 Å². The van der Waals surface area contributed by atoms with Crippen molar-refractivity contribution in [3.8, 4) is 0 Å². The van der Waals surface area contributed by atoms with E-state index in [-0.39, 0.29) is 18.6 Å². The van der Waals surface area contributed by atoms with Crippen molar-refractivity contribution in [3.63, 3.8) is 0 Å². The molecule has 1 N–H and O–H groups in total. The second-order valence-corrected chi connectivity index (χ2v) is 5.19. The molecule has 0 fully saturated rings. The third kappa shape index (κ3) is 4.18. The second kappa shape index (κ2) is 7.58. The Labute approximate surface area is 134 Å². The highest BCUT2D eigenvalue weighted by Gasteiger charge is 2.21. The molecule has 1 amide bonds. The Morgan fingerprint density at radius 3 is 2.65 bits per heavy atom. The van der Waals surface area contributed by atoms with Gasteiger partial charge in [0, 0.05) is 0 Å². The molecule has 6 heteroatoms. The van der Waals surface area contributed by atoms with E-state index >= 15 is 0 Å². The Morgan fingerprint density at radius 1 is 1.30 bits per heavy atom. The zero-order valence-corrected chi connectivity index (χ0v) is 13.5. The quantitative estimate of drug-likeness (QED) is 0.828. The molecule has 0 spiro atoms. The van der Waals surface area contributed by atoms with Gasteiger partial charge in [0.2, 0.25) is 0 Å². The summed E-state index contributed by atoms with van der Waals surface area (Å²) in [4.78, 5) is 24.0. The highest BCUT2D eigenvalue weighted by molar-refractivity contribution is 5.93. The largest absolute Gasteiger partial charge is 0.452 e. The first-order valence-corrected chi connectivity index (χ1v) is 7.49. The van der Waals surface area contributed by atoms with Crippen molar-refractivity contribution in [3.05, 3.63) is 52.9 Å². The Bertz CT molecular complexity index is 679. The SMILES string of the molecule is CCc1noc(C)c1C(=O)OCC(=O)N[C@H](C)c1ccccc1. The fourth-order valence-electron chi connectivity index (χ4n) is 2.23. The molecule has 0 unspecified atom stereocenters. The van der Waals surface area contributed by atoms with Gasteiger partial charge in [0.1, 0.15) is 11.3 Å². The van der Waals surface area contributed by atoms with Crippen molar-refractivity contribution in [2.45, 2.75) is 33.2 Å². The number of rotatable bonds is 6. The molecule has 122 valence electrons. The van der Waals surface area contributed by atoms with Crippen molar-refractivity contribution in [2.75, 3.05) is 6.61 Å². The zero-order chi connectivity index (χ0) is 16.8. The van der Waals surface area contributed by atoms with Gasteiger partial charge in [0.25, 0.3) is 5.91 Å².